The molecule has 3 heteroatoms. The first-order valence-electron chi connectivity index (χ1n) is 5.66. The van der Waals surface area contributed by atoms with Crippen molar-refractivity contribution in [1.82, 2.24) is 4.98 Å². The molecule has 0 aliphatic heterocycles. The number of alkyl halides is 1. The van der Waals surface area contributed by atoms with Crippen molar-refractivity contribution in [3.05, 3.63) is 35.5 Å². The summed E-state index contributed by atoms with van der Waals surface area (Å²) in [7, 11) is 0.500. The van der Waals surface area contributed by atoms with Crippen molar-refractivity contribution in [2.75, 3.05) is 7.18 Å². The number of hydrogen-bond acceptors (Lipinski definition) is 1. The standard InChI is InChI=1S/C11H11NO.C2H6.CH3F/c1-7-9-5-3-4-6-10(9)12-11(7)8(2)13;2*1-2/h3-6,12H,1-2H3;1-2H3;1H3. The lowest BCUT2D eigenvalue weighted by Crippen LogP contribution is -1.93. The van der Waals surface area contributed by atoms with Gasteiger partial charge in [0.2, 0.25) is 0 Å². The number of rotatable bonds is 1. The lowest BCUT2D eigenvalue weighted by Gasteiger charge is -1.90. The molecule has 1 heterocycles. The fourth-order valence-corrected chi connectivity index (χ4v) is 1.63. The maximum atomic E-state index is 11.2. The van der Waals surface area contributed by atoms with Gasteiger partial charge in [-0.3, -0.25) is 9.18 Å². The van der Waals surface area contributed by atoms with Gasteiger partial charge in [0, 0.05) is 17.8 Å². The molecule has 1 N–H and O–H groups in total. The van der Waals surface area contributed by atoms with E-state index in [9.17, 15) is 9.18 Å². The van der Waals surface area contributed by atoms with Crippen molar-refractivity contribution in [2.45, 2.75) is 27.7 Å². The van der Waals surface area contributed by atoms with E-state index in [-0.39, 0.29) is 5.78 Å². The number of ketones is 1. The molecule has 1 aromatic heterocycles. The maximum Gasteiger partial charge on any atom is 0.176 e. The summed E-state index contributed by atoms with van der Waals surface area (Å²) in [5.74, 6) is 0.0914. The molecule has 1 aromatic carbocycles. The maximum absolute atomic E-state index is 11.2. The van der Waals surface area contributed by atoms with E-state index in [1.807, 2.05) is 45.0 Å². The van der Waals surface area contributed by atoms with Gasteiger partial charge in [0.05, 0.1) is 12.9 Å². The summed E-state index contributed by atoms with van der Waals surface area (Å²) in [6.45, 7) is 7.55. The Kier molecular flexibility index (Phi) is 6.87. The minimum atomic E-state index is 0.0914. The van der Waals surface area contributed by atoms with Crippen LogP contribution in [0.1, 0.15) is 36.8 Å². The van der Waals surface area contributed by atoms with Gasteiger partial charge in [0.1, 0.15) is 0 Å². The second-order valence-electron chi connectivity index (χ2n) is 3.23. The number of aromatic amines is 1. The predicted octanol–water partition coefficient (Wildman–Crippen LogP) is 4.29. The SMILES string of the molecule is CC.CC(=O)c1[nH]c2ccccc2c1C.CF. The number of halogens is 1. The molecule has 0 bridgehead atoms. The van der Waals surface area contributed by atoms with E-state index in [1.165, 1.54) is 0 Å². The van der Waals surface area contributed by atoms with Crippen LogP contribution in [0.25, 0.3) is 10.9 Å². The smallest absolute Gasteiger partial charge is 0.176 e. The predicted molar refractivity (Wildman–Crippen MR) is 71.4 cm³/mol. The number of nitrogens with one attached hydrogen (secondary N) is 1. The highest BCUT2D eigenvalue weighted by atomic mass is 19.1. The molecule has 2 nitrogen and oxygen atoms in total. The molecule has 0 unspecified atom stereocenters. The van der Waals surface area contributed by atoms with Gasteiger partial charge in [-0.15, -0.1) is 0 Å². The van der Waals surface area contributed by atoms with Gasteiger partial charge in [-0.2, -0.15) is 0 Å². The Hall–Kier alpha value is -1.64. The minimum Gasteiger partial charge on any atom is -0.352 e. The fraction of sp³-hybridized carbons (Fsp3) is 0.357. The van der Waals surface area contributed by atoms with Crippen molar-refractivity contribution in [1.29, 1.82) is 0 Å². The summed E-state index contributed by atoms with van der Waals surface area (Å²) in [6.07, 6.45) is 0. The molecule has 0 atom stereocenters. The van der Waals surface area contributed by atoms with Crippen LogP contribution < -0.4 is 0 Å². The summed E-state index contributed by atoms with van der Waals surface area (Å²) >= 11 is 0. The summed E-state index contributed by atoms with van der Waals surface area (Å²) < 4.78 is 9.50. The van der Waals surface area contributed by atoms with Crippen molar-refractivity contribution in [3.63, 3.8) is 0 Å². The molecular formula is C14H20FNO. The van der Waals surface area contributed by atoms with E-state index in [0.717, 1.165) is 22.2 Å². The largest absolute Gasteiger partial charge is 0.352 e. The van der Waals surface area contributed by atoms with Crippen LogP contribution in [0.15, 0.2) is 24.3 Å². The first-order valence-corrected chi connectivity index (χ1v) is 5.66. The normalized spacial score (nSPS) is 8.82. The van der Waals surface area contributed by atoms with Crippen molar-refractivity contribution >= 4 is 16.7 Å². The Morgan fingerprint density at radius 2 is 1.71 bits per heavy atom. The number of aryl methyl sites for hydroxylation is 1. The van der Waals surface area contributed by atoms with Gasteiger partial charge in [0.25, 0.3) is 0 Å². The molecule has 0 radical (unpaired) electrons. The van der Waals surface area contributed by atoms with Crippen LogP contribution in [0.3, 0.4) is 0 Å². The summed E-state index contributed by atoms with van der Waals surface area (Å²) in [5.41, 5.74) is 2.80. The molecule has 0 spiro atoms. The number of carbonyl (C=O) groups is 1. The fourth-order valence-electron chi connectivity index (χ4n) is 1.63. The molecule has 0 fully saturated rings. The molecule has 0 aliphatic carbocycles. The molecule has 2 rings (SSSR count). The van der Waals surface area contributed by atoms with E-state index in [0.29, 0.717) is 7.18 Å². The Bertz CT molecular complexity index is 474. The van der Waals surface area contributed by atoms with Crippen LogP contribution in [0.5, 0.6) is 0 Å². The Labute approximate surface area is 102 Å². The lowest BCUT2D eigenvalue weighted by molar-refractivity contribution is 0.101. The first-order chi connectivity index (χ1) is 8.20. The number of Topliss-reactive ketones (excluding diaryl/α,β-unsaturated/α-hetero) is 1. The quantitative estimate of drug-likeness (QED) is 0.737. The molecule has 94 valence electrons. The summed E-state index contributed by atoms with van der Waals surface area (Å²) in [6, 6.07) is 7.94. The second-order valence-corrected chi connectivity index (χ2v) is 3.23. The topological polar surface area (TPSA) is 32.9 Å². The molecule has 2 aromatic rings. The zero-order chi connectivity index (χ0) is 13.4. The van der Waals surface area contributed by atoms with Crippen molar-refractivity contribution in [3.8, 4) is 0 Å². The Morgan fingerprint density at radius 3 is 2.18 bits per heavy atom. The van der Waals surface area contributed by atoms with Crippen LogP contribution in [-0.2, 0) is 0 Å². The third-order valence-corrected chi connectivity index (χ3v) is 2.32. The van der Waals surface area contributed by atoms with Crippen LogP contribution in [0.2, 0.25) is 0 Å². The minimum absolute atomic E-state index is 0.0914. The number of hydrogen-bond donors (Lipinski definition) is 1. The monoisotopic (exact) mass is 237 g/mol. The van der Waals surface area contributed by atoms with E-state index in [4.69, 9.17) is 0 Å². The van der Waals surface area contributed by atoms with Crippen LogP contribution in [0, 0.1) is 6.92 Å². The summed E-state index contributed by atoms with van der Waals surface area (Å²) in [4.78, 5) is 14.3. The number of benzene rings is 1. The highest BCUT2D eigenvalue weighted by Gasteiger charge is 2.09. The van der Waals surface area contributed by atoms with Crippen molar-refractivity contribution < 1.29 is 9.18 Å². The number of carbonyl (C=O) groups excluding carboxylic acids is 1. The van der Waals surface area contributed by atoms with E-state index < -0.39 is 0 Å². The zero-order valence-corrected chi connectivity index (χ0v) is 11.1. The van der Waals surface area contributed by atoms with Crippen LogP contribution in [0.4, 0.5) is 4.39 Å². The number of H-pyrrole nitrogens is 1. The molecule has 0 aliphatic rings. The second kappa shape index (κ2) is 7.60. The lowest BCUT2D eigenvalue weighted by atomic mass is 10.1. The third-order valence-electron chi connectivity index (χ3n) is 2.32. The molecule has 0 saturated carbocycles. The Balaban J connectivity index is 0.000000581. The summed E-state index contributed by atoms with van der Waals surface area (Å²) in [5, 5.41) is 1.13. The average molecular weight is 237 g/mol. The van der Waals surface area contributed by atoms with Gasteiger partial charge in [0.15, 0.2) is 5.78 Å². The van der Waals surface area contributed by atoms with Gasteiger partial charge in [-0.1, -0.05) is 32.0 Å². The van der Waals surface area contributed by atoms with Crippen LogP contribution in [-0.4, -0.2) is 17.9 Å². The first kappa shape index (κ1) is 15.4. The van der Waals surface area contributed by atoms with E-state index >= 15 is 0 Å². The van der Waals surface area contributed by atoms with E-state index in [1.54, 1.807) is 6.92 Å². The van der Waals surface area contributed by atoms with Gasteiger partial charge < -0.3 is 4.98 Å². The molecular weight excluding hydrogens is 217 g/mol. The average Bonchev–Trinajstić information content (AvgIpc) is 2.73. The van der Waals surface area contributed by atoms with Gasteiger partial charge in [-0.25, -0.2) is 0 Å². The number of para-hydroxylation sites is 1. The number of fused-ring (bicyclic) bond motifs is 1. The van der Waals surface area contributed by atoms with Gasteiger partial charge >= 0.3 is 0 Å². The molecule has 17 heavy (non-hydrogen) atoms. The zero-order valence-electron chi connectivity index (χ0n) is 11.1. The van der Waals surface area contributed by atoms with E-state index in [2.05, 4.69) is 4.98 Å². The number of aromatic nitrogens is 1. The third kappa shape index (κ3) is 3.41. The Morgan fingerprint density at radius 1 is 1.18 bits per heavy atom. The highest BCUT2D eigenvalue weighted by Crippen LogP contribution is 2.21. The molecule has 0 saturated heterocycles. The van der Waals surface area contributed by atoms with Crippen molar-refractivity contribution in [2.24, 2.45) is 0 Å². The van der Waals surface area contributed by atoms with Gasteiger partial charge in [-0.05, 0) is 18.6 Å². The van der Waals surface area contributed by atoms with Crippen LogP contribution >= 0.6 is 0 Å². The highest BCUT2D eigenvalue weighted by molar-refractivity contribution is 6.00. The molecule has 0 amide bonds.